The summed E-state index contributed by atoms with van der Waals surface area (Å²) in [5.41, 5.74) is 4.28. The van der Waals surface area contributed by atoms with E-state index in [0.717, 1.165) is 34.5 Å². The molecule has 2 aromatic carbocycles. The number of H-pyrrole nitrogens is 1. The van der Waals surface area contributed by atoms with Crippen LogP contribution in [-0.4, -0.2) is 39.3 Å². The Balaban J connectivity index is 1.57. The van der Waals surface area contributed by atoms with Crippen molar-refractivity contribution in [1.82, 2.24) is 39.3 Å². The molecule has 10 nitrogen and oxygen atoms in total. The van der Waals surface area contributed by atoms with Crippen LogP contribution < -0.4 is 11.2 Å². The first-order chi connectivity index (χ1) is 17.9. The Hall–Kier alpha value is -4.34. The number of benzene rings is 2. The third-order valence-electron chi connectivity index (χ3n) is 6.46. The zero-order valence-electron chi connectivity index (χ0n) is 21.5. The third kappa shape index (κ3) is 4.50. The Labute approximate surface area is 213 Å². The van der Waals surface area contributed by atoms with Gasteiger partial charge in [-0.25, -0.2) is 14.9 Å². The number of nitrogens with zero attached hydrogens (tertiary/aromatic N) is 7. The molecule has 0 fully saturated rings. The highest BCUT2D eigenvalue weighted by molar-refractivity contribution is 5.80. The highest BCUT2D eigenvalue weighted by Gasteiger charge is 2.21. The van der Waals surface area contributed by atoms with Gasteiger partial charge >= 0.3 is 5.69 Å². The summed E-state index contributed by atoms with van der Waals surface area (Å²) >= 11 is 0. The van der Waals surface area contributed by atoms with Gasteiger partial charge in [-0.2, -0.15) is 0 Å². The predicted molar refractivity (Wildman–Crippen MR) is 142 cm³/mol. The van der Waals surface area contributed by atoms with Crippen molar-refractivity contribution < 1.29 is 0 Å². The molecular weight excluding hydrogens is 468 g/mol. The van der Waals surface area contributed by atoms with Gasteiger partial charge in [0.1, 0.15) is 5.82 Å². The van der Waals surface area contributed by atoms with Gasteiger partial charge in [-0.15, -0.1) is 5.10 Å². The van der Waals surface area contributed by atoms with Gasteiger partial charge in [0.05, 0.1) is 0 Å². The van der Waals surface area contributed by atoms with Crippen molar-refractivity contribution in [3.8, 4) is 22.5 Å². The normalized spacial score (nSPS) is 11.6. The molecule has 5 aromatic rings. The van der Waals surface area contributed by atoms with Crippen LogP contribution in [-0.2, 0) is 26.6 Å². The molecule has 0 saturated carbocycles. The lowest BCUT2D eigenvalue weighted by atomic mass is 9.98. The second-order valence-corrected chi connectivity index (χ2v) is 9.68. The fraction of sp³-hybridized carbons (Fsp3) is 0.333. The summed E-state index contributed by atoms with van der Waals surface area (Å²) in [5.74, 6) is 1.66. The number of aryl methyl sites for hydroxylation is 1. The molecule has 0 aliphatic rings. The fourth-order valence-corrected chi connectivity index (χ4v) is 4.70. The van der Waals surface area contributed by atoms with Crippen LogP contribution >= 0.6 is 0 Å². The average molecular weight is 499 g/mol. The Morgan fingerprint density at radius 2 is 1.70 bits per heavy atom. The molecule has 0 bridgehead atoms. The monoisotopic (exact) mass is 498 g/mol. The van der Waals surface area contributed by atoms with E-state index in [1.807, 2.05) is 42.7 Å². The first-order valence-corrected chi connectivity index (χ1v) is 12.5. The lowest BCUT2D eigenvalue weighted by Gasteiger charge is -2.13. The Morgan fingerprint density at radius 3 is 2.35 bits per heavy atom. The van der Waals surface area contributed by atoms with Crippen LogP contribution in [0.15, 0.2) is 58.1 Å². The zero-order chi connectivity index (χ0) is 26.1. The molecule has 0 saturated heterocycles. The molecule has 37 heavy (non-hydrogen) atoms. The van der Waals surface area contributed by atoms with Gasteiger partial charge in [-0.3, -0.25) is 13.9 Å². The number of nitrogens with one attached hydrogen (secondary N) is 1. The van der Waals surface area contributed by atoms with E-state index in [-0.39, 0.29) is 17.2 Å². The van der Waals surface area contributed by atoms with E-state index in [0.29, 0.717) is 36.5 Å². The summed E-state index contributed by atoms with van der Waals surface area (Å²) < 4.78 is 4.80. The van der Waals surface area contributed by atoms with E-state index in [2.05, 4.69) is 51.8 Å². The van der Waals surface area contributed by atoms with E-state index >= 15 is 0 Å². The average Bonchev–Trinajstić information content (AvgIpc) is 3.55. The molecule has 5 rings (SSSR count). The van der Waals surface area contributed by atoms with Crippen LogP contribution in [0.5, 0.6) is 0 Å². The van der Waals surface area contributed by atoms with E-state index in [1.54, 1.807) is 4.57 Å². The van der Waals surface area contributed by atoms with E-state index in [9.17, 15) is 9.59 Å². The smallest absolute Gasteiger partial charge is 0.318 e. The van der Waals surface area contributed by atoms with Crippen LogP contribution in [0.4, 0.5) is 0 Å². The SMILES string of the molecule is CCCc1nc2c(c(=O)n(C)c(=O)n2CC(C)C)n1Cc1ccc(-c2ccccc2-c2nnn[nH]2)cc1. The Bertz CT molecular complexity index is 1660. The topological polar surface area (TPSA) is 116 Å². The number of imidazole rings is 1. The second kappa shape index (κ2) is 9.96. The number of aromatic nitrogens is 8. The van der Waals surface area contributed by atoms with E-state index in [4.69, 9.17) is 4.98 Å². The molecule has 3 aromatic heterocycles. The Morgan fingerprint density at radius 1 is 0.973 bits per heavy atom. The largest absolute Gasteiger partial charge is 0.332 e. The number of tetrazole rings is 1. The summed E-state index contributed by atoms with van der Waals surface area (Å²) in [6.45, 7) is 7.16. The highest BCUT2D eigenvalue weighted by atomic mass is 16.2. The van der Waals surface area contributed by atoms with Crippen molar-refractivity contribution in [2.24, 2.45) is 13.0 Å². The first kappa shape index (κ1) is 24.4. The maximum atomic E-state index is 13.3. The standard InChI is InChI=1S/C27H30N8O2/c1-5-8-22-28-25-23(26(36)33(4)27(37)35(25)15-17(2)3)34(22)16-18-11-13-19(14-12-18)20-9-6-7-10-21(20)24-29-31-32-30-24/h6-7,9-14,17H,5,8,15-16H2,1-4H3,(H,29,30,31,32). The van der Waals surface area contributed by atoms with Crippen molar-refractivity contribution in [2.75, 3.05) is 0 Å². The van der Waals surface area contributed by atoms with Gasteiger partial charge in [0.2, 0.25) is 0 Å². The van der Waals surface area contributed by atoms with Crippen molar-refractivity contribution in [1.29, 1.82) is 0 Å². The summed E-state index contributed by atoms with van der Waals surface area (Å²) in [7, 11) is 1.54. The van der Waals surface area contributed by atoms with Gasteiger partial charge in [-0.1, -0.05) is 69.3 Å². The molecule has 10 heteroatoms. The molecule has 3 heterocycles. The zero-order valence-corrected chi connectivity index (χ0v) is 21.5. The second-order valence-electron chi connectivity index (χ2n) is 9.68. The molecule has 0 radical (unpaired) electrons. The van der Waals surface area contributed by atoms with Crippen molar-refractivity contribution in [3.05, 3.63) is 80.8 Å². The Kier molecular flexibility index (Phi) is 6.56. The van der Waals surface area contributed by atoms with Gasteiger partial charge < -0.3 is 4.57 Å². The molecule has 0 amide bonds. The number of aromatic amines is 1. The molecule has 0 aliphatic heterocycles. The van der Waals surface area contributed by atoms with Gasteiger partial charge in [-0.05, 0) is 39.5 Å². The van der Waals surface area contributed by atoms with Crippen LogP contribution in [0.1, 0.15) is 38.6 Å². The molecule has 0 atom stereocenters. The number of hydrogen-bond acceptors (Lipinski definition) is 6. The van der Waals surface area contributed by atoms with Crippen LogP contribution in [0.25, 0.3) is 33.7 Å². The minimum absolute atomic E-state index is 0.237. The quantitative estimate of drug-likeness (QED) is 0.351. The summed E-state index contributed by atoms with van der Waals surface area (Å²) in [6, 6.07) is 16.2. The minimum atomic E-state index is -0.330. The van der Waals surface area contributed by atoms with Crippen molar-refractivity contribution >= 4 is 11.2 Å². The molecule has 0 spiro atoms. The lowest BCUT2D eigenvalue weighted by molar-refractivity contribution is 0.500. The van der Waals surface area contributed by atoms with Crippen LogP contribution in [0.3, 0.4) is 0 Å². The summed E-state index contributed by atoms with van der Waals surface area (Å²) in [6.07, 6.45) is 1.59. The lowest BCUT2D eigenvalue weighted by Crippen LogP contribution is -2.39. The molecule has 1 N–H and O–H groups in total. The maximum absolute atomic E-state index is 13.3. The van der Waals surface area contributed by atoms with Gasteiger partial charge in [0, 0.05) is 32.1 Å². The maximum Gasteiger partial charge on any atom is 0.332 e. The van der Waals surface area contributed by atoms with Crippen molar-refractivity contribution in [3.63, 3.8) is 0 Å². The molecule has 0 aliphatic carbocycles. The van der Waals surface area contributed by atoms with Crippen molar-refractivity contribution in [2.45, 2.75) is 46.7 Å². The third-order valence-corrected chi connectivity index (χ3v) is 6.46. The number of hydrogen-bond donors (Lipinski definition) is 1. The number of fused-ring (bicyclic) bond motifs is 1. The fourth-order valence-electron chi connectivity index (χ4n) is 4.70. The first-order valence-electron chi connectivity index (χ1n) is 12.5. The molecule has 0 unspecified atom stereocenters. The van der Waals surface area contributed by atoms with Gasteiger partial charge in [0.15, 0.2) is 17.0 Å². The van der Waals surface area contributed by atoms with E-state index < -0.39 is 0 Å². The van der Waals surface area contributed by atoms with E-state index in [1.165, 1.54) is 11.6 Å². The van der Waals surface area contributed by atoms with Crippen LogP contribution in [0, 0.1) is 5.92 Å². The predicted octanol–water partition coefficient (Wildman–Crippen LogP) is 3.40. The summed E-state index contributed by atoms with van der Waals surface area (Å²) in [5, 5.41) is 14.3. The molecule has 190 valence electrons. The highest BCUT2D eigenvalue weighted by Crippen LogP contribution is 2.30. The van der Waals surface area contributed by atoms with Gasteiger partial charge in [0.25, 0.3) is 5.56 Å². The summed E-state index contributed by atoms with van der Waals surface area (Å²) in [4.78, 5) is 31.0. The van der Waals surface area contributed by atoms with Crippen LogP contribution in [0.2, 0.25) is 0 Å². The number of rotatable bonds is 8. The minimum Gasteiger partial charge on any atom is -0.318 e. The molecular formula is C27H30N8O2.